The van der Waals surface area contributed by atoms with Gasteiger partial charge in [0.2, 0.25) is 5.95 Å². The minimum absolute atomic E-state index is 0.00745. The van der Waals surface area contributed by atoms with E-state index in [1.165, 1.54) is 35.6 Å². The second-order valence-electron chi connectivity index (χ2n) is 9.83. The Labute approximate surface area is 232 Å². The van der Waals surface area contributed by atoms with Gasteiger partial charge in [-0.1, -0.05) is 12.1 Å². The molecule has 9 nitrogen and oxygen atoms in total. The van der Waals surface area contributed by atoms with Gasteiger partial charge in [0, 0.05) is 18.8 Å². The molecule has 40 heavy (non-hydrogen) atoms. The van der Waals surface area contributed by atoms with Crippen molar-refractivity contribution in [2.75, 3.05) is 17.2 Å². The predicted molar refractivity (Wildman–Crippen MR) is 146 cm³/mol. The fourth-order valence-electron chi connectivity index (χ4n) is 4.93. The van der Waals surface area contributed by atoms with Crippen molar-refractivity contribution < 1.29 is 28.1 Å². The number of anilines is 2. The maximum absolute atomic E-state index is 12.5. The lowest BCUT2D eigenvalue weighted by atomic mass is 10.0. The van der Waals surface area contributed by atoms with E-state index < -0.39 is 12.5 Å². The molecule has 1 saturated carbocycles. The molecular formula is C27H29F3N6O3S. The van der Waals surface area contributed by atoms with Crippen molar-refractivity contribution in [1.82, 2.24) is 19.9 Å². The first-order valence-electron chi connectivity index (χ1n) is 12.8. The summed E-state index contributed by atoms with van der Waals surface area (Å²) >= 11 is 1.52. The number of halogens is 3. The standard InChI is InChI=1S/C27H29F3N6O3S/c1-14-22(25-35-23-15(2)31-10-9-21(23)40-25)24(34-18-6-5-17(11-18)20(38)13-37)36-26(33-14)32-12-16-3-7-19(8-4-16)39-27(28,29)30/h3-4,7-10,17-18,20,37-38H,5-6,11-13H2,1-2H3,(H2,32,33,34,36). The first-order valence-corrected chi connectivity index (χ1v) is 13.7. The number of rotatable bonds is 9. The molecule has 0 bridgehead atoms. The molecule has 0 spiro atoms. The molecular weight excluding hydrogens is 545 g/mol. The number of pyridine rings is 1. The highest BCUT2D eigenvalue weighted by Gasteiger charge is 2.32. The number of hydrogen-bond donors (Lipinski definition) is 4. The summed E-state index contributed by atoms with van der Waals surface area (Å²) < 4.78 is 42.3. The Kier molecular flexibility index (Phi) is 8.06. The van der Waals surface area contributed by atoms with E-state index in [4.69, 9.17) is 9.97 Å². The largest absolute Gasteiger partial charge is 0.573 e. The Morgan fingerprint density at radius 3 is 2.55 bits per heavy atom. The zero-order valence-corrected chi connectivity index (χ0v) is 22.7. The normalized spacial score (nSPS) is 18.2. The Morgan fingerprint density at radius 2 is 1.85 bits per heavy atom. The van der Waals surface area contributed by atoms with E-state index in [0.717, 1.165) is 44.9 Å². The van der Waals surface area contributed by atoms with Gasteiger partial charge in [0.25, 0.3) is 0 Å². The van der Waals surface area contributed by atoms with Crippen LogP contribution in [0.1, 0.15) is 36.2 Å². The Morgan fingerprint density at radius 1 is 1.07 bits per heavy atom. The smallest absolute Gasteiger partial charge is 0.406 e. The quantitative estimate of drug-likeness (QED) is 0.213. The van der Waals surface area contributed by atoms with Gasteiger partial charge in [-0.3, -0.25) is 4.98 Å². The molecule has 3 unspecified atom stereocenters. The molecule has 1 aliphatic rings. The van der Waals surface area contributed by atoms with Gasteiger partial charge in [-0.25, -0.2) is 9.97 Å². The number of hydrogen-bond acceptors (Lipinski definition) is 10. The molecule has 0 aliphatic heterocycles. The number of aliphatic hydroxyl groups excluding tert-OH is 2. The third-order valence-electron chi connectivity index (χ3n) is 6.95. The van der Waals surface area contributed by atoms with E-state index in [9.17, 15) is 23.4 Å². The number of benzene rings is 1. The van der Waals surface area contributed by atoms with Gasteiger partial charge >= 0.3 is 6.36 Å². The maximum Gasteiger partial charge on any atom is 0.573 e. The SMILES string of the molecule is Cc1nc(NCc2ccc(OC(F)(F)F)cc2)nc(NC2CCC(C(O)CO)C2)c1-c1nc2c(C)nccc2s1. The second kappa shape index (κ2) is 11.5. The van der Waals surface area contributed by atoms with Crippen LogP contribution in [0.5, 0.6) is 5.75 Å². The monoisotopic (exact) mass is 574 g/mol. The van der Waals surface area contributed by atoms with E-state index in [0.29, 0.717) is 23.9 Å². The number of aliphatic hydroxyl groups is 2. The lowest BCUT2D eigenvalue weighted by Gasteiger charge is -2.19. The second-order valence-corrected chi connectivity index (χ2v) is 10.9. The van der Waals surface area contributed by atoms with Crippen molar-refractivity contribution in [3.8, 4) is 16.3 Å². The fourth-order valence-corrected chi connectivity index (χ4v) is 6.04. The van der Waals surface area contributed by atoms with Crippen molar-refractivity contribution in [2.24, 2.45) is 5.92 Å². The van der Waals surface area contributed by atoms with Gasteiger partial charge in [0.05, 0.1) is 34.4 Å². The van der Waals surface area contributed by atoms with Crippen LogP contribution in [0.15, 0.2) is 36.5 Å². The number of alkyl halides is 3. The predicted octanol–water partition coefficient (Wildman–Crippen LogP) is 5.21. The molecule has 212 valence electrons. The van der Waals surface area contributed by atoms with Crippen molar-refractivity contribution in [3.05, 3.63) is 53.5 Å². The minimum atomic E-state index is -4.75. The summed E-state index contributed by atoms with van der Waals surface area (Å²) in [6, 6.07) is 7.55. The molecule has 3 aromatic heterocycles. The van der Waals surface area contributed by atoms with Crippen LogP contribution in [-0.4, -0.2) is 55.3 Å². The molecule has 1 aliphatic carbocycles. The molecule has 1 aromatic carbocycles. The van der Waals surface area contributed by atoms with E-state index in [1.54, 1.807) is 6.20 Å². The van der Waals surface area contributed by atoms with Crippen LogP contribution in [-0.2, 0) is 6.54 Å². The van der Waals surface area contributed by atoms with Crippen molar-refractivity contribution in [3.63, 3.8) is 0 Å². The number of nitrogens with one attached hydrogen (secondary N) is 2. The highest BCUT2D eigenvalue weighted by atomic mass is 32.1. The lowest BCUT2D eigenvalue weighted by molar-refractivity contribution is -0.274. The molecule has 5 rings (SSSR count). The van der Waals surface area contributed by atoms with E-state index in [2.05, 4.69) is 25.3 Å². The van der Waals surface area contributed by atoms with Crippen LogP contribution < -0.4 is 15.4 Å². The van der Waals surface area contributed by atoms with Gasteiger partial charge in [-0.05, 0) is 62.8 Å². The number of aromatic nitrogens is 4. The van der Waals surface area contributed by atoms with E-state index >= 15 is 0 Å². The maximum atomic E-state index is 12.5. The van der Waals surface area contributed by atoms with Gasteiger partial charge in [-0.15, -0.1) is 24.5 Å². The summed E-state index contributed by atoms with van der Waals surface area (Å²) in [6.45, 7) is 3.80. The fraction of sp³-hybridized carbons (Fsp3) is 0.407. The zero-order chi connectivity index (χ0) is 28.4. The molecule has 4 N–H and O–H groups in total. The molecule has 4 aromatic rings. The van der Waals surface area contributed by atoms with Crippen molar-refractivity contribution >= 4 is 33.3 Å². The Bertz CT molecular complexity index is 1480. The first-order chi connectivity index (χ1) is 19.1. The average Bonchev–Trinajstić information content (AvgIpc) is 3.55. The van der Waals surface area contributed by atoms with Crippen molar-refractivity contribution in [1.29, 1.82) is 0 Å². The third-order valence-corrected chi connectivity index (χ3v) is 7.98. The van der Waals surface area contributed by atoms with Crippen LogP contribution >= 0.6 is 11.3 Å². The number of ether oxygens (including phenoxy) is 1. The number of fused-ring (bicyclic) bond motifs is 1. The Hall–Kier alpha value is -3.55. The van der Waals surface area contributed by atoms with Crippen LogP contribution in [0.4, 0.5) is 24.9 Å². The van der Waals surface area contributed by atoms with Gasteiger partial charge in [0.1, 0.15) is 22.1 Å². The summed E-state index contributed by atoms with van der Waals surface area (Å²) in [6.07, 6.45) is -1.48. The lowest BCUT2D eigenvalue weighted by Crippen LogP contribution is -2.24. The molecule has 0 saturated heterocycles. The van der Waals surface area contributed by atoms with Crippen LogP contribution in [0, 0.1) is 19.8 Å². The summed E-state index contributed by atoms with van der Waals surface area (Å²) in [7, 11) is 0. The number of aryl methyl sites for hydroxylation is 2. The van der Waals surface area contributed by atoms with Crippen LogP contribution in [0.2, 0.25) is 0 Å². The van der Waals surface area contributed by atoms with E-state index in [-0.39, 0.29) is 30.9 Å². The number of thiazole rings is 1. The summed E-state index contributed by atoms with van der Waals surface area (Å²) in [4.78, 5) is 18.6. The zero-order valence-electron chi connectivity index (χ0n) is 21.9. The molecule has 0 radical (unpaired) electrons. The highest BCUT2D eigenvalue weighted by Crippen LogP contribution is 2.38. The minimum Gasteiger partial charge on any atom is -0.406 e. The summed E-state index contributed by atoms with van der Waals surface area (Å²) in [5.74, 6) is 0.648. The van der Waals surface area contributed by atoms with Gasteiger partial charge in [-0.2, -0.15) is 4.98 Å². The first kappa shape index (κ1) is 28.0. The van der Waals surface area contributed by atoms with E-state index in [1.807, 2.05) is 19.9 Å². The molecule has 13 heteroatoms. The van der Waals surface area contributed by atoms with Gasteiger partial charge < -0.3 is 25.6 Å². The highest BCUT2D eigenvalue weighted by molar-refractivity contribution is 7.21. The molecule has 3 heterocycles. The molecule has 3 atom stereocenters. The van der Waals surface area contributed by atoms with Crippen LogP contribution in [0.25, 0.3) is 20.8 Å². The molecule has 0 amide bonds. The summed E-state index contributed by atoms with van der Waals surface area (Å²) in [5, 5.41) is 26.9. The summed E-state index contributed by atoms with van der Waals surface area (Å²) in [5.41, 5.74) is 3.84. The topological polar surface area (TPSA) is 125 Å². The average molecular weight is 575 g/mol. The third kappa shape index (κ3) is 6.43. The molecule has 1 fully saturated rings. The van der Waals surface area contributed by atoms with Gasteiger partial charge in [0.15, 0.2) is 0 Å². The number of nitrogens with zero attached hydrogens (tertiary/aromatic N) is 4. The Balaban J connectivity index is 1.41. The van der Waals surface area contributed by atoms with Crippen LogP contribution in [0.3, 0.4) is 0 Å². The van der Waals surface area contributed by atoms with Crippen molar-refractivity contribution in [2.45, 2.75) is 58.2 Å².